The molecule has 8 nitrogen and oxygen atoms in total. The van der Waals surface area contributed by atoms with Crippen molar-refractivity contribution in [3.05, 3.63) is 53.6 Å². The van der Waals surface area contributed by atoms with E-state index in [2.05, 4.69) is 0 Å². The second-order valence-corrected chi connectivity index (χ2v) is 9.65. The summed E-state index contributed by atoms with van der Waals surface area (Å²) in [6.07, 6.45) is 2.36. The largest absolute Gasteiger partial charge is 0.490 e. The second kappa shape index (κ2) is 7.56. The summed E-state index contributed by atoms with van der Waals surface area (Å²) >= 11 is 0. The number of hydrogen-bond donors (Lipinski definition) is 0. The highest BCUT2D eigenvalue weighted by Gasteiger charge is 2.43. The van der Waals surface area contributed by atoms with Crippen molar-refractivity contribution in [1.82, 2.24) is 9.21 Å². The van der Waals surface area contributed by atoms with Gasteiger partial charge in [-0.2, -0.15) is 0 Å². The molecule has 1 atom stereocenters. The predicted octanol–water partition coefficient (Wildman–Crippen LogP) is 2.36. The lowest BCUT2D eigenvalue weighted by atomic mass is 10.0. The van der Waals surface area contributed by atoms with Crippen molar-refractivity contribution < 1.29 is 27.5 Å². The van der Waals surface area contributed by atoms with Crippen LogP contribution in [0, 0.1) is 0 Å². The van der Waals surface area contributed by atoms with E-state index < -0.39 is 22.5 Å². The molecule has 9 heteroatoms. The van der Waals surface area contributed by atoms with Crippen molar-refractivity contribution in [2.75, 3.05) is 26.3 Å². The smallest absolute Gasteiger partial charge is 0.269 e. The lowest BCUT2D eigenvalue weighted by molar-refractivity contribution is -0.132. The number of rotatable bonds is 3. The van der Waals surface area contributed by atoms with E-state index in [0.717, 1.165) is 24.8 Å². The number of hydrogen-bond acceptors (Lipinski definition) is 6. The van der Waals surface area contributed by atoms with E-state index in [1.54, 1.807) is 17.0 Å². The Morgan fingerprint density at radius 3 is 2.61 bits per heavy atom. The number of amides is 2. The molecule has 31 heavy (non-hydrogen) atoms. The molecular formula is C22H22N2O6S. The SMILES string of the molecule is O=C(CN1C(=O)c2ccccc2S1(=O)=O)N1CCC[C@H]1c1ccc2c(c1)OCCCO2. The monoisotopic (exact) mass is 442 g/mol. The molecule has 1 saturated heterocycles. The Bertz CT molecular complexity index is 1160. The zero-order chi connectivity index (χ0) is 21.6. The number of benzene rings is 2. The van der Waals surface area contributed by atoms with Crippen LogP contribution in [0.15, 0.2) is 47.4 Å². The maximum Gasteiger partial charge on any atom is 0.269 e. The number of fused-ring (bicyclic) bond motifs is 2. The van der Waals surface area contributed by atoms with Crippen molar-refractivity contribution in [2.45, 2.75) is 30.2 Å². The standard InChI is InChI=1S/C22H22N2O6S/c25-21(14-24-22(26)16-5-1-2-7-20(16)31(24,27)28)23-10-3-6-17(23)15-8-9-18-19(13-15)30-12-4-11-29-18/h1-2,5,7-9,13,17H,3-4,6,10-12,14H2/t17-/m0/s1. The second-order valence-electron chi connectivity index (χ2n) is 7.81. The zero-order valence-corrected chi connectivity index (χ0v) is 17.6. The first-order valence-corrected chi connectivity index (χ1v) is 11.8. The van der Waals surface area contributed by atoms with Gasteiger partial charge in [0.15, 0.2) is 11.5 Å². The summed E-state index contributed by atoms with van der Waals surface area (Å²) in [5.74, 6) is 0.292. The molecule has 0 N–H and O–H groups in total. The van der Waals surface area contributed by atoms with Crippen LogP contribution in [0.2, 0.25) is 0 Å². The molecule has 1 fully saturated rings. The lowest BCUT2D eigenvalue weighted by Crippen LogP contribution is -2.42. The average molecular weight is 442 g/mol. The van der Waals surface area contributed by atoms with Crippen molar-refractivity contribution in [2.24, 2.45) is 0 Å². The highest BCUT2D eigenvalue weighted by Crippen LogP contribution is 2.38. The van der Waals surface area contributed by atoms with E-state index >= 15 is 0 Å². The average Bonchev–Trinajstić information content (AvgIpc) is 3.23. The molecule has 3 aliphatic heterocycles. The van der Waals surface area contributed by atoms with Crippen LogP contribution >= 0.6 is 0 Å². The quantitative estimate of drug-likeness (QED) is 0.725. The van der Waals surface area contributed by atoms with Crippen molar-refractivity contribution in [3.63, 3.8) is 0 Å². The van der Waals surface area contributed by atoms with E-state index in [1.165, 1.54) is 12.1 Å². The fourth-order valence-corrected chi connectivity index (χ4v) is 5.92. The highest BCUT2D eigenvalue weighted by atomic mass is 32.2. The van der Waals surface area contributed by atoms with Crippen LogP contribution < -0.4 is 9.47 Å². The molecular weight excluding hydrogens is 420 g/mol. The minimum Gasteiger partial charge on any atom is -0.490 e. The molecule has 162 valence electrons. The van der Waals surface area contributed by atoms with Crippen molar-refractivity contribution in [3.8, 4) is 11.5 Å². The van der Waals surface area contributed by atoms with Gasteiger partial charge in [-0.3, -0.25) is 9.59 Å². The van der Waals surface area contributed by atoms with Crippen LogP contribution in [0.4, 0.5) is 0 Å². The number of carbonyl (C=O) groups excluding carboxylic acids is 2. The maximum atomic E-state index is 13.1. The van der Waals surface area contributed by atoms with E-state index in [9.17, 15) is 18.0 Å². The third-order valence-corrected chi connectivity index (χ3v) is 7.71. The van der Waals surface area contributed by atoms with Gasteiger partial charge in [-0.15, -0.1) is 0 Å². The summed E-state index contributed by atoms with van der Waals surface area (Å²) in [5.41, 5.74) is 1.02. The number of carbonyl (C=O) groups is 2. The molecule has 3 aliphatic rings. The molecule has 0 aliphatic carbocycles. The van der Waals surface area contributed by atoms with E-state index in [1.807, 2.05) is 18.2 Å². The topological polar surface area (TPSA) is 93.2 Å². The summed E-state index contributed by atoms with van der Waals surface area (Å²) in [6.45, 7) is 1.17. The summed E-state index contributed by atoms with van der Waals surface area (Å²) in [7, 11) is -4.02. The van der Waals surface area contributed by atoms with Crippen molar-refractivity contribution >= 4 is 21.8 Å². The first-order chi connectivity index (χ1) is 15.0. The Hall–Kier alpha value is -3.07. The molecule has 2 amide bonds. The maximum absolute atomic E-state index is 13.1. The van der Waals surface area contributed by atoms with Gasteiger partial charge >= 0.3 is 0 Å². The molecule has 0 unspecified atom stereocenters. The van der Waals surface area contributed by atoms with E-state index in [0.29, 0.717) is 35.6 Å². The molecule has 2 aromatic rings. The van der Waals surface area contributed by atoms with E-state index in [4.69, 9.17) is 9.47 Å². The molecule has 0 saturated carbocycles. The fraction of sp³-hybridized carbons (Fsp3) is 0.364. The molecule has 0 bridgehead atoms. The van der Waals surface area contributed by atoms with Gasteiger partial charge in [0.05, 0.1) is 24.8 Å². The van der Waals surface area contributed by atoms with Gasteiger partial charge < -0.3 is 14.4 Å². The fourth-order valence-electron chi connectivity index (χ4n) is 4.40. The van der Waals surface area contributed by atoms with Crippen LogP contribution in [-0.2, 0) is 14.8 Å². The molecule has 0 radical (unpaired) electrons. The van der Waals surface area contributed by atoms with Gasteiger partial charge in [0.2, 0.25) is 5.91 Å². The van der Waals surface area contributed by atoms with Gasteiger partial charge in [0.1, 0.15) is 11.4 Å². The minimum absolute atomic E-state index is 0.0475. The molecule has 0 aromatic heterocycles. The van der Waals surface area contributed by atoms with Crippen LogP contribution in [-0.4, -0.2) is 55.7 Å². The normalized spacial score (nSPS) is 21.7. The van der Waals surface area contributed by atoms with Crippen LogP contribution in [0.3, 0.4) is 0 Å². The third-order valence-electron chi connectivity index (χ3n) is 5.92. The van der Waals surface area contributed by atoms with Crippen LogP contribution in [0.1, 0.15) is 41.2 Å². The van der Waals surface area contributed by atoms with Gasteiger partial charge in [-0.25, -0.2) is 12.7 Å². The molecule has 5 rings (SSSR count). The Kier molecular flexibility index (Phi) is 4.85. The Morgan fingerprint density at radius 2 is 1.81 bits per heavy atom. The summed E-state index contributed by atoms with van der Waals surface area (Å²) in [6, 6.07) is 11.5. The van der Waals surface area contributed by atoms with Gasteiger partial charge in [-0.1, -0.05) is 18.2 Å². The molecule has 0 spiro atoms. The number of ether oxygens (including phenoxy) is 2. The Balaban J connectivity index is 1.38. The zero-order valence-electron chi connectivity index (χ0n) is 16.8. The minimum atomic E-state index is -4.02. The van der Waals surface area contributed by atoms with Gasteiger partial charge in [-0.05, 0) is 42.7 Å². The summed E-state index contributed by atoms with van der Waals surface area (Å²) < 4.78 is 37.7. The van der Waals surface area contributed by atoms with Gasteiger partial charge in [0, 0.05) is 13.0 Å². The molecule has 2 aromatic carbocycles. The number of sulfonamides is 1. The Morgan fingerprint density at radius 1 is 1.03 bits per heavy atom. The van der Waals surface area contributed by atoms with Crippen molar-refractivity contribution in [1.29, 1.82) is 0 Å². The lowest BCUT2D eigenvalue weighted by Gasteiger charge is -2.27. The van der Waals surface area contributed by atoms with Crippen LogP contribution in [0.5, 0.6) is 11.5 Å². The summed E-state index contributed by atoms with van der Waals surface area (Å²) in [4.78, 5) is 27.4. The number of likely N-dealkylation sites (tertiary alicyclic amines) is 1. The summed E-state index contributed by atoms with van der Waals surface area (Å²) in [5, 5.41) is 0. The predicted molar refractivity (Wildman–Crippen MR) is 110 cm³/mol. The first-order valence-electron chi connectivity index (χ1n) is 10.3. The highest BCUT2D eigenvalue weighted by molar-refractivity contribution is 7.90. The first kappa shape index (κ1) is 19.9. The Labute approximate surface area is 180 Å². The number of nitrogens with zero attached hydrogens (tertiary/aromatic N) is 2. The molecule has 3 heterocycles. The van der Waals surface area contributed by atoms with E-state index in [-0.39, 0.29) is 22.4 Å². The third kappa shape index (κ3) is 3.33. The van der Waals surface area contributed by atoms with Gasteiger partial charge in [0.25, 0.3) is 15.9 Å². The van der Waals surface area contributed by atoms with Crippen LogP contribution in [0.25, 0.3) is 0 Å².